The number of methoxy groups -OCH3 is 1. The van der Waals surface area contributed by atoms with Crippen LogP contribution < -0.4 is 10.1 Å². The zero-order valence-corrected chi connectivity index (χ0v) is 7.58. The first-order valence-corrected chi connectivity index (χ1v) is 4.08. The van der Waals surface area contributed by atoms with Gasteiger partial charge in [-0.05, 0) is 20.0 Å². The van der Waals surface area contributed by atoms with Gasteiger partial charge in [0.15, 0.2) is 5.75 Å². The van der Waals surface area contributed by atoms with E-state index >= 15 is 0 Å². The van der Waals surface area contributed by atoms with Gasteiger partial charge in [0.25, 0.3) is 0 Å². The second-order valence-electron chi connectivity index (χ2n) is 2.60. The molecule has 0 aromatic carbocycles. The number of rotatable bonds is 5. The van der Waals surface area contributed by atoms with Crippen molar-refractivity contribution in [2.24, 2.45) is 0 Å². The lowest BCUT2D eigenvalue weighted by Crippen LogP contribution is -2.11. The van der Waals surface area contributed by atoms with Crippen molar-refractivity contribution in [1.82, 2.24) is 15.1 Å². The molecule has 0 aliphatic carbocycles. The molecule has 0 fully saturated rings. The zero-order chi connectivity index (χ0) is 8.81. The van der Waals surface area contributed by atoms with Crippen molar-refractivity contribution in [3.63, 3.8) is 0 Å². The Bertz CT molecular complexity index is 222. The summed E-state index contributed by atoms with van der Waals surface area (Å²) in [6.07, 6.45) is 4.70. The highest BCUT2D eigenvalue weighted by molar-refractivity contribution is 5.10. The lowest BCUT2D eigenvalue weighted by Gasteiger charge is -1.99. The first-order chi connectivity index (χ1) is 5.86. The Morgan fingerprint density at radius 2 is 2.50 bits per heavy atom. The highest BCUT2D eigenvalue weighted by Gasteiger charge is 1.95. The van der Waals surface area contributed by atoms with Crippen LogP contribution in [0.2, 0.25) is 0 Å². The molecule has 1 aromatic heterocycles. The van der Waals surface area contributed by atoms with Crippen LogP contribution in [0.4, 0.5) is 0 Å². The number of hydrogen-bond acceptors (Lipinski definition) is 3. The maximum absolute atomic E-state index is 5.00. The maximum atomic E-state index is 5.00. The molecule has 0 unspecified atom stereocenters. The van der Waals surface area contributed by atoms with Gasteiger partial charge in [-0.2, -0.15) is 5.10 Å². The Kier molecular flexibility index (Phi) is 3.60. The van der Waals surface area contributed by atoms with Crippen LogP contribution in [0.15, 0.2) is 12.4 Å². The smallest absolute Gasteiger partial charge is 0.156 e. The number of hydrogen-bond donors (Lipinski definition) is 1. The first-order valence-electron chi connectivity index (χ1n) is 4.08. The quantitative estimate of drug-likeness (QED) is 0.652. The Morgan fingerprint density at radius 3 is 3.08 bits per heavy atom. The molecule has 1 N–H and O–H groups in total. The Morgan fingerprint density at radius 1 is 1.67 bits per heavy atom. The van der Waals surface area contributed by atoms with Crippen LogP contribution in [0, 0.1) is 0 Å². The van der Waals surface area contributed by atoms with Crippen molar-refractivity contribution in [3.05, 3.63) is 12.4 Å². The normalized spacial score (nSPS) is 10.2. The largest absolute Gasteiger partial charge is 0.493 e. The van der Waals surface area contributed by atoms with Crippen molar-refractivity contribution in [1.29, 1.82) is 0 Å². The van der Waals surface area contributed by atoms with E-state index in [1.165, 1.54) is 0 Å². The van der Waals surface area contributed by atoms with Crippen molar-refractivity contribution in [2.45, 2.75) is 13.0 Å². The van der Waals surface area contributed by atoms with E-state index < -0.39 is 0 Å². The molecule has 0 atom stereocenters. The van der Waals surface area contributed by atoms with Crippen LogP contribution in [-0.2, 0) is 6.54 Å². The minimum absolute atomic E-state index is 0.819. The van der Waals surface area contributed by atoms with Crippen molar-refractivity contribution in [3.8, 4) is 5.75 Å². The fourth-order valence-corrected chi connectivity index (χ4v) is 0.990. The number of ether oxygens (including phenoxy) is 1. The number of nitrogens with one attached hydrogen (secondary N) is 1. The van der Waals surface area contributed by atoms with Crippen LogP contribution in [0.5, 0.6) is 5.75 Å². The van der Waals surface area contributed by atoms with Gasteiger partial charge in [0.05, 0.1) is 19.5 Å². The van der Waals surface area contributed by atoms with Gasteiger partial charge in [0, 0.05) is 6.54 Å². The summed E-state index contributed by atoms with van der Waals surface area (Å²) in [5.74, 6) is 0.819. The average molecular weight is 169 g/mol. The highest BCUT2D eigenvalue weighted by Crippen LogP contribution is 2.06. The van der Waals surface area contributed by atoms with Crippen molar-refractivity contribution < 1.29 is 4.74 Å². The molecule has 0 amide bonds. The third-order valence-electron chi connectivity index (χ3n) is 1.66. The molecule has 0 saturated heterocycles. The summed E-state index contributed by atoms with van der Waals surface area (Å²) >= 11 is 0. The standard InChI is InChI=1S/C8H15N3O/c1-9-4-3-5-11-7-8(12-2)6-10-11/h6-7,9H,3-5H2,1-2H3. The van der Waals surface area contributed by atoms with Gasteiger partial charge in [-0.1, -0.05) is 0 Å². The molecule has 68 valence electrons. The molecular weight excluding hydrogens is 154 g/mol. The molecule has 0 aliphatic heterocycles. The predicted molar refractivity (Wildman–Crippen MR) is 47.3 cm³/mol. The number of aryl methyl sites for hydroxylation is 1. The van der Waals surface area contributed by atoms with E-state index in [1.807, 2.05) is 17.9 Å². The van der Waals surface area contributed by atoms with Gasteiger partial charge in [0.2, 0.25) is 0 Å². The SMILES string of the molecule is CNCCCn1cc(OC)cn1. The molecule has 1 heterocycles. The van der Waals surface area contributed by atoms with Gasteiger partial charge >= 0.3 is 0 Å². The highest BCUT2D eigenvalue weighted by atomic mass is 16.5. The molecule has 0 saturated carbocycles. The van der Waals surface area contributed by atoms with E-state index in [-0.39, 0.29) is 0 Å². The Hall–Kier alpha value is -1.03. The third kappa shape index (κ3) is 2.54. The lowest BCUT2D eigenvalue weighted by molar-refractivity contribution is 0.413. The van der Waals surface area contributed by atoms with E-state index in [0.29, 0.717) is 0 Å². The molecule has 0 spiro atoms. The molecule has 1 aromatic rings. The van der Waals surface area contributed by atoms with Crippen LogP contribution in [0.1, 0.15) is 6.42 Å². The predicted octanol–water partition coefficient (Wildman–Crippen LogP) is 0.501. The van der Waals surface area contributed by atoms with Crippen molar-refractivity contribution >= 4 is 0 Å². The van der Waals surface area contributed by atoms with Crippen LogP contribution >= 0.6 is 0 Å². The Labute approximate surface area is 72.5 Å². The first kappa shape index (κ1) is 9.06. The number of aromatic nitrogens is 2. The summed E-state index contributed by atoms with van der Waals surface area (Å²) in [5, 5.41) is 7.21. The monoisotopic (exact) mass is 169 g/mol. The minimum Gasteiger partial charge on any atom is -0.493 e. The summed E-state index contributed by atoms with van der Waals surface area (Å²) in [7, 11) is 3.60. The summed E-state index contributed by atoms with van der Waals surface area (Å²) in [6, 6.07) is 0. The van der Waals surface area contributed by atoms with Gasteiger partial charge in [0.1, 0.15) is 0 Å². The van der Waals surface area contributed by atoms with Gasteiger partial charge < -0.3 is 10.1 Å². The topological polar surface area (TPSA) is 39.1 Å². The summed E-state index contributed by atoms with van der Waals surface area (Å²) in [6.45, 7) is 1.95. The van der Waals surface area contributed by atoms with E-state index in [4.69, 9.17) is 4.74 Å². The van der Waals surface area contributed by atoms with Gasteiger partial charge in [-0.15, -0.1) is 0 Å². The molecule has 0 aliphatic rings. The molecule has 0 bridgehead atoms. The zero-order valence-electron chi connectivity index (χ0n) is 7.58. The lowest BCUT2D eigenvalue weighted by atomic mass is 10.4. The number of nitrogens with zero attached hydrogens (tertiary/aromatic N) is 2. The molecular formula is C8H15N3O. The van der Waals surface area contributed by atoms with E-state index in [9.17, 15) is 0 Å². The fraction of sp³-hybridized carbons (Fsp3) is 0.625. The maximum Gasteiger partial charge on any atom is 0.156 e. The average Bonchev–Trinajstić information content (AvgIpc) is 2.53. The second-order valence-corrected chi connectivity index (χ2v) is 2.60. The Balaban J connectivity index is 2.31. The van der Waals surface area contributed by atoms with Crippen LogP contribution in [0.25, 0.3) is 0 Å². The van der Waals surface area contributed by atoms with Gasteiger partial charge in [-0.3, -0.25) is 4.68 Å². The van der Waals surface area contributed by atoms with Crippen LogP contribution in [-0.4, -0.2) is 30.5 Å². The van der Waals surface area contributed by atoms with Crippen molar-refractivity contribution in [2.75, 3.05) is 20.7 Å². The van der Waals surface area contributed by atoms with E-state index in [2.05, 4.69) is 10.4 Å². The van der Waals surface area contributed by atoms with Gasteiger partial charge in [-0.25, -0.2) is 0 Å². The summed E-state index contributed by atoms with van der Waals surface area (Å²) in [5.41, 5.74) is 0. The summed E-state index contributed by atoms with van der Waals surface area (Å²) in [4.78, 5) is 0. The fourth-order valence-electron chi connectivity index (χ4n) is 0.990. The minimum atomic E-state index is 0.819. The third-order valence-corrected chi connectivity index (χ3v) is 1.66. The van der Waals surface area contributed by atoms with E-state index in [1.54, 1.807) is 13.3 Å². The second kappa shape index (κ2) is 4.77. The van der Waals surface area contributed by atoms with E-state index in [0.717, 1.165) is 25.3 Å². The molecule has 1 rings (SSSR count). The molecule has 12 heavy (non-hydrogen) atoms. The van der Waals surface area contributed by atoms with Crippen LogP contribution in [0.3, 0.4) is 0 Å². The molecule has 4 nitrogen and oxygen atoms in total. The summed E-state index contributed by atoms with van der Waals surface area (Å²) < 4.78 is 6.89. The molecule has 0 radical (unpaired) electrons. The molecule has 4 heteroatoms.